The molecule has 0 saturated heterocycles. The summed E-state index contributed by atoms with van der Waals surface area (Å²) in [5.41, 5.74) is 0.221. The molecule has 2 aromatic carbocycles. The third-order valence-corrected chi connectivity index (χ3v) is 2.86. The standard InChI is InChI=1S/C15H14FNO3/c16-11-7-4-8-12(18)14(11)15(20)17-9-13(19)10-5-2-1-3-6-10/h1-8,13,18-19H,9H2,(H,17,20). The highest BCUT2D eigenvalue weighted by atomic mass is 19.1. The van der Waals surface area contributed by atoms with E-state index < -0.39 is 29.1 Å². The van der Waals surface area contributed by atoms with E-state index in [-0.39, 0.29) is 6.54 Å². The van der Waals surface area contributed by atoms with Crippen molar-refractivity contribution in [1.82, 2.24) is 5.32 Å². The summed E-state index contributed by atoms with van der Waals surface area (Å²) in [6.07, 6.45) is -0.894. The number of hydrogen-bond donors (Lipinski definition) is 3. The zero-order valence-electron chi connectivity index (χ0n) is 10.6. The minimum Gasteiger partial charge on any atom is -0.507 e. The van der Waals surface area contributed by atoms with Crippen LogP contribution < -0.4 is 5.32 Å². The highest BCUT2D eigenvalue weighted by Crippen LogP contribution is 2.19. The monoisotopic (exact) mass is 275 g/mol. The van der Waals surface area contributed by atoms with Gasteiger partial charge in [-0.05, 0) is 17.7 Å². The minimum atomic E-state index is -0.894. The Kier molecular flexibility index (Phi) is 4.32. The second kappa shape index (κ2) is 6.16. The van der Waals surface area contributed by atoms with Crippen molar-refractivity contribution in [2.45, 2.75) is 6.10 Å². The molecule has 0 radical (unpaired) electrons. The van der Waals surface area contributed by atoms with Gasteiger partial charge in [0.15, 0.2) is 0 Å². The largest absolute Gasteiger partial charge is 0.507 e. The Morgan fingerprint density at radius 1 is 1.15 bits per heavy atom. The van der Waals surface area contributed by atoms with E-state index in [9.17, 15) is 19.4 Å². The van der Waals surface area contributed by atoms with Crippen LogP contribution in [0.3, 0.4) is 0 Å². The van der Waals surface area contributed by atoms with Crippen molar-refractivity contribution in [2.24, 2.45) is 0 Å². The molecule has 1 unspecified atom stereocenters. The summed E-state index contributed by atoms with van der Waals surface area (Å²) in [4.78, 5) is 11.8. The van der Waals surface area contributed by atoms with Gasteiger partial charge in [-0.15, -0.1) is 0 Å². The predicted octanol–water partition coefficient (Wildman–Crippen LogP) is 1.99. The number of carbonyl (C=O) groups excluding carboxylic acids is 1. The molecule has 0 spiro atoms. The first-order chi connectivity index (χ1) is 9.59. The number of aliphatic hydroxyl groups excluding tert-OH is 1. The molecule has 0 aliphatic rings. The summed E-state index contributed by atoms with van der Waals surface area (Å²) in [6.45, 7) is -0.0728. The van der Waals surface area contributed by atoms with Crippen molar-refractivity contribution in [1.29, 1.82) is 0 Å². The number of amides is 1. The van der Waals surface area contributed by atoms with Crippen LogP contribution >= 0.6 is 0 Å². The SMILES string of the molecule is O=C(NCC(O)c1ccccc1)c1c(O)cccc1F. The van der Waals surface area contributed by atoms with Gasteiger partial charge in [-0.3, -0.25) is 4.79 Å². The summed E-state index contributed by atoms with van der Waals surface area (Å²) in [6, 6.07) is 12.4. The quantitative estimate of drug-likeness (QED) is 0.799. The van der Waals surface area contributed by atoms with Gasteiger partial charge in [-0.25, -0.2) is 4.39 Å². The fourth-order valence-electron chi connectivity index (χ4n) is 1.81. The van der Waals surface area contributed by atoms with Crippen molar-refractivity contribution in [3.8, 4) is 5.75 Å². The number of phenolic OH excluding ortho intramolecular Hbond substituents is 1. The first kappa shape index (κ1) is 14.0. The normalized spacial score (nSPS) is 11.9. The molecule has 3 N–H and O–H groups in total. The molecule has 104 valence electrons. The van der Waals surface area contributed by atoms with E-state index in [1.165, 1.54) is 12.1 Å². The summed E-state index contributed by atoms with van der Waals surface area (Å²) in [5, 5.41) is 21.8. The van der Waals surface area contributed by atoms with Crippen LogP contribution in [0.1, 0.15) is 22.0 Å². The summed E-state index contributed by atoms with van der Waals surface area (Å²) in [5.74, 6) is -2.01. The molecule has 0 aromatic heterocycles. The molecule has 5 heteroatoms. The van der Waals surface area contributed by atoms with Gasteiger partial charge in [0.1, 0.15) is 17.1 Å². The molecule has 0 saturated carbocycles. The molecule has 1 amide bonds. The molecule has 0 fully saturated rings. The van der Waals surface area contributed by atoms with Gasteiger partial charge in [0.25, 0.3) is 5.91 Å². The van der Waals surface area contributed by atoms with Gasteiger partial charge in [0.05, 0.1) is 6.10 Å². The van der Waals surface area contributed by atoms with Gasteiger partial charge in [-0.2, -0.15) is 0 Å². The van der Waals surface area contributed by atoms with Crippen molar-refractivity contribution in [2.75, 3.05) is 6.54 Å². The molecule has 0 bridgehead atoms. The number of phenols is 1. The average Bonchev–Trinajstić information content (AvgIpc) is 2.45. The Labute approximate surface area is 115 Å². The number of aromatic hydroxyl groups is 1. The van der Waals surface area contributed by atoms with E-state index in [2.05, 4.69) is 5.32 Å². The van der Waals surface area contributed by atoms with Crippen molar-refractivity contribution >= 4 is 5.91 Å². The maximum atomic E-state index is 13.5. The highest BCUT2D eigenvalue weighted by molar-refractivity contribution is 5.97. The van der Waals surface area contributed by atoms with Crippen LogP contribution in [0.2, 0.25) is 0 Å². The Bertz CT molecular complexity index is 581. The number of hydrogen-bond acceptors (Lipinski definition) is 3. The Morgan fingerprint density at radius 2 is 1.85 bits per heavy atom. The van der Waals surface area contributed by atoms with Crippen molar-refractivity contribution in [3.05, 3.63) is 65.5 Å². The van der Waals surface area contributed by atoms with E-state index >= 15 is 0 Å². The molecule has 4 nitrogen and oxygen atoms in total. The average molecular weight is 275 g/mol. The lowest BCUT2D eigenvalue weighted by molar-refractivity contribution is 0.0909. The lowest BCUT2D eigenvalue weighted by Crippen LogP contribution is -2.29. The van der Waals surface area contributed by atoms with Gasteiger partial charge in [-0.1, -0.05) is 36.4 Å². The fourth-order valence-corrected chi connectivity index (χ4v) is 1.81. The third-order valence-electron chi connectivity index (χ3n) is 2.86. The lowest BCUT2D eigenvalue weighted by atomic mass is 10.1. The lowest BCUT2D eigenvalue weighted by Gasteiger charge is -2.13. The Balaban J connectivity index is 2.03. The second-order valence-electron chi connectivity index (χ2n) is 4.27. The fraction of sp³-hybridized carbons (Fsp3) is 0.133. The first-order valence-corrected chi connectivity index (χ1v) is 6.08. The van der Waals surface area contributed by atoms with E-state index in [4.69, 9.17) is 0 Å². The van der Waals surface area contributed by atoms with E-state index in [0.717, 1.165) is 6.07 Å². The van der Waals surface area contributed by atoms with Crippen LogP contribution in [0, 0.1) is 5.82 Å². The minimum absolute atomic E-state index is 0.0728. The Morgan fingerprint density at radius 3 is 2.50 bits per heavy atom. The summed E-state index contributed by atoms with van der Waals surface area (Å²) < 4.78 is 13.5. The maximum absolute atomic E-state index is 13.5. The molecule has 0 aliphatic heterocycles. The number of carbonyl (C=O) groups is 1. The number of aliphatic hydroxyl groups is 1. The van der Waals surface area contributed by atoms with Crippen LogP contribution in [-0.4, -0.2) is 22.7 Å². The maximum Gasteiger partial charge on any atom is 0.258 e. The van der Waals surface area contributed by atoms with E-state index in [1.54, 1.807) is 24.3 Å². The molecule has 0 aliphatic carbocycles. The van der Waals surface area contributed by atoms with Gasteiger partial charge in [0.2, 0.25) is 0 Å². The third kappa shape index (κ3) is 3.13. The zero-order valence-corrected chi connectivity index (χ0v) is 10.6. The van der Waals surface area contributed by atoms with Crippen LogP contribution in [0.4, 0.5) is 4.39 Å². The summed E-state index contributed by atoms with van der Waals surface area (Å²) >= 11 is 0. The number of halogens is 1. The topological polar surface area (TPSA) is 69.6 Å². The first-order valence-electron chi connectivity index (χ1n) is 6.08. The molecule has 0 heterocycles. The number of nitrogens with one attached hydrogen (secondary N) is 1. The number of benzene rings is 2. The van der Waals surface area contributed by atoms with E-state index in [1.807, 2.05) is 6.07 Å². The Hall–Kier alpha value is -2.40. The molecular formula is C15H14FNO3. The van der Waals surface area contributed by atoms with Gasteiger partial charge >= 0.3 is 0 Å². The smallest absolute Gasteiger partial charge is 0.258 e. The van der Waals surface area contributed by atoms with Crippen LogP contribution in [0.15, 0.2) is 48.5 Å². The molecule has 1 atom stereocenters. The molecule has 20 heavy (non-hydrogen) atoms. The van der Waals surface area contributed by atoms with Gasteiger partial charge < -0.3 is 15.5 Å². The van der Waals surface area contributed by atoms with Crippen LogP contribution in [-0.2, 0) is 0 Å². The number of rotatable bonds is 4. The van der Waals surface area contributed by atoms with Gasteiger partial charge in [0, 0.05) is 6.54 Å². The van der Waals surface area contributed by atoms with Crippen LogP contribution in [0.25, 0.3) is 0 Å². The highest BCUT2D eigenvalue weighted by Gasteiger charge is 2.17. The van der Waals surface area contributed by atoms with E-state index in [0.29, 0.717) is 5.56 Å². The predicted molar refractivity (Wildman–Crippen MR) is 71.8 cm³/mol. The zero-order chi connectivity index (χ0) is 14.5. The molecule has 2 aromatic rings. The van der Waals surface area contributed by atoms with Crippen LogP contribution in [0.5, 0.6) is 5.75 Å². The molecule has 2 rings (SSSR count). The summed E-state index contributed by atoms with van der Waals surface area (Å²) in [7, 11) is 0. The molecular weight excluding hydrogens is 261 g/mol. The van der Waals surface area contributed by atoms with Crippen molar-refractivity contribution < 1.29 is 19.4 Å². The van der Waals surface area contributed by atoms with Crippen molar-refractivity contribution in [3.63, 3.8) is 0 Å². The second-order valence-corrected chi connectivity index (χ2v) is 4.27.